The fourth-order valence-electron chi connectivity index (χ4n) is 0.840. The number of hydrogen-bond donors (Lipinski definition) is 1. The summed E-state index contributed by atoms with van der Waals surface area (Å²) < 4.78 is 4.98. The Kier molecular flexibility index (Phi) is 4.53. The zero-order valence-electron chi connectivity index (χ0n) is 8.93. The van der Waals surface area contributed by atoms with Gasteiger partial charge in [-0.3, -0.25) is 10.3 Å². The summed E-state index contributed by atoms with van der Waals surface area (Å²) in [4.78, 5) is 18.9. The van der Waals surface area contributed by atoms with Gasteiger partial charge in [0, 0.05) is 12.4 Å². The first-order valence-electron chi connectivity index (χ1n) is 4.92. The lowest BCUT2D eigenvalue weighted by Gasteiger charge is -2.09. The molecule has 1 rings (SSSR count). The fraction of sp³-hybridized carbons (Fsp3) is 0.500. The number of aromatic nitrogens is 2. The van der Waals surface area contributed by atoms with Gasteiger partial charge < -0.3 is 4.74 Å². The minimum absolute atomic E-state index is 0.373. The van der Waals surface area contributed by atoms with Crippen molar-refractivity contribution in [1.82, 2.24) is 9.97 Å². The van der Waals surface area contributed by atoms with E-state index in [1.165, 1.54) is 18.6 Å². The Labute approximate surface area is 88.9 Å². The maximum Gasteiger partial charge on any atom is 0.412 e. The van der Waals surface area contributed by atoms with Crippen molar-refractivity contribution in [2.45, 2.75) is 20.3 Å². The number of nitrogens with one attached hydrogen (secondary N) is 1. The number of amides is 1. The van der Waals surface area contributed by atoms with Crippen LogP contribution in [0.15, 0.2) is 18.6 Å². The lowest BCUT2D eigenvalue weighted by atomic mass is 10.1. The van der Waals surface area contributed by atoms with E-state index in [0.717, 1.165) is 6.42 Å². The summed E-state index contributed by atoms with van der Waals surface area (Å²) in [5, 5.41) is 2.49. The van der Waals surface area contributed by atoms with Gasteiger partial charge in [0.2, 0.25) is 0 Å². The van der Waals surface area contributed by atoms with E-state index in [-0.39, 0.29) is 0 Å². The molecule has 1 aromatic rings. The third-order valence-electron chi connectivity index (χ3n) is 1.99. The predicted octanol–water partition coefficient (Wildman–Crippen LogP) is 2.07. The summed E-state index contributed by atoms with van der Waals surface area (Å²) in [6.07, 6.45) is 5.00. The van der Waals surface area contributed by atoms with Crippen LogP contribution in [0.3, 0.4) is 0 Å². The van der Waals surface area contributed by atoms with Gasteiger partial charge in [-0.2, -0.15) is 0 Å². The van der Waals surface area contributed by atoms with Crippen LogP contribution >= 0.6 is 0 Å². The molecular formula is C10H15N3O2. The van der Waals surface area contributed by atoms with E-state index in [1.54, 1.807) is 0 Å². The lowest BCUT2D eigenvalue weighted by Crippen LogP contribution is -2.18. The van der Waals surface area contributed by atoms with Crippen molar-refractivity contribution in [2.75, 3.05) is 11.9 Å². The summed E-state index contributed by atoms with van der Waals surface area (Å²) in [5.74, 6) is 0.768. The van der Waals surface area contributed by atoms with E-state index < -0.39 is 6.09 Å². The molecule has 1 N–H and O–H groups in total. The highest BCUT2D eigenvalue weighted by molar-refractivity contribution is 5.82. The third-order valence-corrected chi connectivity index (χ3v) is 1.99. The molecule has 1 heterocycles. The van der Waals surface area contributed by atoms with Crippen LogP contribution in [-0.2, 0) is 4.74 Å². The second-order valence-corrected chi connectivity index (χ2v) is 3.33. The molecule has 5 heteroatoms. The molecular weight excluding hydrogens is 194 g/mol. The monoisotopic (exact) mass is 209 g/mol. The minimum Gasteiger partial charge on any atom is -0.449 e. The zero-order valence-corrected chi connectivity index (χ0v) is 8.93. The fourth-order valence-corrected chi connectivity index (χ4v) is 0.840. The van der Waals surface area contributed by atoms with Gasteiger partial charge >= 0.3 is 6.09 Å². The molecule has 0 bridgehead atoms. The summed E-state index contributed by atoms with van der Waals surface area (Å²) in [6, 6.07) is 0. The smallest absolute Gasteiger partial charge is 0.412 e. The van der Waals surface area contributed by atoms with E-state index in [2.05, 4.69) is 22.2 Å². The second kappa shape index (κ2) is 5.95. The highest BCUT2D eigenvalue weighted by Gasteiger charge is 2.06. The van der Waals surface area contributed by atoms with E-state index in [1.807, 2.05) is 6.92 Å². The van der Waals surface area contributed by atoms with Crippen LogP contribution in [0.1, 0.15) is 20.3 Å². The maximum absolute atomic E-state index is 11.2. The van der Waals surface area contributed by atoms with Crippen LogP contribution in [0.25, 0.3) is 0 Å². The number of nitrogens with zero attached hydrogens (tertiary/aromatic N) is 2. The van der Waals surface area contributed by atoms with E-state index >= 15 is 0 Å². The molecule has 0 radical (unpaired) electrons. The van der Waals surface area contributed by atoms with Gasteiger partial charge in [-0.25, -0.2) is 9.78 Å². The van der Waals surface area contributed by atoms with Gasteiger partial charge in [0.15, 0.2) is 5.82 Å². The van der Waals surface area contributed by atoms with Gasteiger partial charge in [-0.1, -0.05) is 20.3 Å². The number of rotatable bonds is 4. The molecule has 0 unspecified atom stereocenters. The van der Waals surface area contributed by atoms with Crippen molar-refractivity contribution in [3.05, 3.63) is 18.6 Å². The summed E-state index contributed by atoms with van der Waals surface area (Å²) >= 11 is 0. The zero-order chi connectivity index (χ0) is 11.1. The molecule has 0 spiro atoms. The molecule has 0 fully saturated rings. The number of anilines is 1. The van der Waals surface area contributed by atoms with Crippen LogP contribution in [0, 0.1) is 5.92 Å². The molecule has 1 atom stereocenters. The molecule has 0 saturated heterocycles. The normalized spacial score (nSPS) is 11.9. The Balaban J connectivity index is 2.31. The molecule has 1 aromatic heterocycles. The Morgan fingerprint density at radius 2 is 2.40 bits per heavy atom. The largest absolute Gasteiger partial charge is 0.449 e. The Hall–Kier alpha value is -1.65. The average molecular weight is 209 g/mol. The van der Waals surface area contributed by atoms with Crippen molar-refractivity contribution in [3.63, 3.8) is 0 Å². The van der Waals surface area contributed by atoms with Gasteiger partial charge in [0.05, 0.1) is 12.8 Å². The van der Waals surface area contributed by atoms with Gasteiger partial charge in [0.25, 0.3) is 0 Å². The first kappa shape index (κ1) is 11.4. The second-order valence-electron chi connectivity index (χ2n) is 3.33. The van der Waals surface area contributed by atoms with E-state index in [9.17, 15) is 4.79 Å². The molecule has 1 amide bonds. The SMILES string of the molecule is CC[C@H](C)COC(=O)Nc1cnccn1. The Morgan fingerprint density at radius 1 is 1.60 bits per heavy atom. The van der Waals surface area contributed by atoms with Crippen molar-refractivity contribution >= 4 is 11.9 Å². The molecule has 0 saturated carbocycles. The number of ether oxygens (including phenoxy) is 1. The number of carbonyl (C=O) groups is 1. The van der Waals surface area contributed by atoms with Gasteiger partial charge in [0.1, 0.15) is 0 Å². The highest BCUT2D eigenvalue weighted by atomic mass is 16.5. The topological polar surface area (TPSA) is 64.1 Å². The van der Waals surface area contributed by atoms with Crippen LogP contribution < -0.4 is 5.32 Å². The molecule has 0 aliphatic heterocycles. The maximum atomic E-state index is 11.2. The molecule has 82 valence electrons. The van der Waals surface area contributed by atoms with Crippen LogP contribution in [0.5, 0.6) is 0 Å². The standard InChI is InChI=1S/C10H15N3O2/c1-3-8(2)7-15-10(14)13-9-6-11-4-5-12-9/h4-6,8H,3,7H2,1-2H3,(H,12,13,14)/t8-/m0/s1. The predicted molar refractivity (Wildman–Crippen MR) is 56.5 cm³/mol. The molecule has 5 nitrogen and oxygen atoms in total. The minimum atomic E-state index is -0.490. The van der Waals surface area contributed by atoms with Crippen LogP contribution in [0.2, 0.25) is 0 Å². The molecule has 0 aliphatic carbocycles. The number of carbonyl (C=O) groups excluding carboxylic acids is 1. The summed E-state index contributed by atoms with van der Waals surface area (Å²) in [6.45, 7) is 4.49. The summed E-state index contributed by atoms with van der Waals surface area (Å²) in [5.41, 5.74) is 0. The van der Waals surface area contributed by atoms with Gasteiger partial charge in [-0.15, -0.1) is 0 Å². The first-order valence-corrected chi connectivity index (χ1v) is 4.92. The van der Waals surface area contributed by atoms with E-state index in [0.29, 0.717) is 18.3 Å². The lowest BCUT2D eigenvalue weighted by molar-refractivity contribution is 0.143. The van der Waals surface area contributed by atoms with Crippen molar-refractivity contribution in [1.29, 1.82) is 0 Å². The Morgan fingerprint density at radius 3 is 3.00 bits per heavy atom. The highest BCUT2D eigenvalue weighted by Crippen LogP contribution is 2.03. The molecule has 15 heavy (non-hydrogen) atoms. The van der Waals surface area contributed by atoms with Crippen LogP contribution in [0.4, 0.5) is 10.6 Å². The van der Waals surface area contributed by atoms with E-state index in [4.69, 9.17) is 4.74 Å². The van der Waals surface area contributed by atoms with Crippen molar-refractivity contribution in [2.24, 2.45) is 5.92 Å². The number of hydrogen-bond acceptors (Lipinski definition) is 4. The summed E-state index contributed by atoms with van der Waals surface area (Å²) in [7, 11) is 0. The van der Waals surface area contributed by atoms with Gasteiger partial charge in [-0.05, 0) is 5.92 Å². The van der Waals surface area contributed by atoms with Crippen molar-refractivity contribution in [3.8, 4) is 0 Å². The molecule has 0 aromatic carbocycles. The first-order chi connectivity index (χ1) is 7.22. The van der Waals surface area contributed by atoms with Crippen molar-refractivity contribution < 1.29 is 9.53 Å². The quantitative estimate of drug-likeness (QED) is 0.824. The molecule has 0 aliphatic rings. The average Bonchev–Trinajstić information content (AvgIpc) is 2.27. The third kappa shape index (κ3) is 4.39. The van der Waals surface area contributed by atoms with Crippen LogP contribution in [-0.4, -0.2) is 22.7 Å². The Bertz CT molecular complexity index is 303.